The molecule has 0 unspecified atom stereocenters. The molecule has 4 heterocycles. The van der Waals surface area contributed by atoms with Gasteiger partial charge in [-0.15, -0.1) is 0 Å². The lowest BCUT2D eigenvalue weighted by Crippen LogP contribution is -2.48. The van der Waals surface area contributed by atoms with Crippen molar-refractivity contribution < 1.29 is 28.9 Å². The summed E-state index contributed by atoms with van der Waals surface area (Å²) < 4.78 is 18.1. The summed E-state index contributed by atoms with van der Waals surface area (Å²) in [7, 11) is 0. The zero-order valence-corrected chi connectivity index (χ0v) is 20.9. The molecule has 0 radical (unpaired) electrons. The number of aliphatic hydroxyl groups is 1. The molecule has 8 heteroatoms. The Balaban J connectivity index is 1.22. The van der Waals surface area contributed by atoms with Gasteiger partial charge in [-0.25, -0.2) is 0 Å². The summed E-state index contributed by atoms with van der Waals surface area (Å²) in [6.07, 6.45) is 2.21. The van der Waals surface area contributed by atoms with E-state index in [1.54, 1.807) is 0 Å². The number of carbonyl (C=O) groups is 2. The van der Waals surface area contributed by atoms with Crippen LogP contribution in [0.4, 0.5) is 5.69 Å². The first kappa shape index (κ1) is 24.4. The monoisotopic (exact) mass is 506 g/mol. The summed E-state index contributed by atoms with van der Waals surface area (Å²) in [5.74, 6) is -0.142. The smallest absolute Gasteiger partial charge is 0.230 e. The second kappa shape index (κ2) is 10.4. The van der Waals surface area contributed by atoms with E-state index in [2.05, 4.69) is 17.4 Å². The number of nitrogens with one attached hydrogen (secondary N) is 1. The van der Waals surface area contributed by atoms with Gasteiger partial charge < -0.3 is 29.5 Å². The maximum atomic E-state index is 13.3. The van der Waals surface area contributed by atoms with Crippen molar-refractivity contribution in [1.29, 1.82) is 0 Å². The van der Waals surface area contributed by atoms with E-state index in [1.807, 2.05) is 35.2 Å². The van der Waals surface area contributed by atoms with Gasteiger partial charge in [-0.1, -0.05) is 24.3 Å². The zero-order valence-electron chi connectivity index (χ0n) is 20.9. The van der Waals surface area contributed by atoms with E-state index in [1.165, 1.54) is 11.1 Å². The number of ether oxygens (including phenoxy) is 3. The van der Waals surface area contributed by atoms with Crippen LogP contribution >= 0.6 is 0 Å². The lowest BCUT2D eigenvalue weighted by molar-refractivity contribution is -0.152. The number of hydrogen-bond acceptors (Lipinski definition) is 6. The number of benzene rings is 2. The molecule has 2 fully saturated rings. The molecule has 0 saturated carbocycles. The minimum atomic E-state index is -0.691. The average Bonchev–Trinajstić information content (AvgIpc) is 3.04. The van der Waals surface area contributed by atoms with Gasteiger partial charge in [-0.05, 0) is 42.2 Å². The Morgan fingerprint density at radius 2 is 1.95 bits per heavy atom. The van der Waals surface area contributed by atoms with Crippen molar-refractivity contribution in [3.8, 4) is 5.75 Å². The van der Waals surface area contributed by atoms with Gasteiger partial charge >= 0.3 is 0 Å². The van der Waals surface area contributed by atoms with Crippen LogP contribution in [0, 0.1) is 5.92 Å². The van der Waals surface area contributed by atoms with Crippen LogP contribution in [0.15, 0.2) is 42.5 Å². The Bertz CT molecular complexity index is 1160. The number of carbonyl (C=O) groups excluding carboxylic acids is 2. The number of hydrogen-bond donors (Lipinski definition) is 2. The summed E-state index contributed by atoms with van der Waals surface area (Å²) in [4.78, 5) is 28.5. The lowest BCUT2D eigenvalue weighted by Gasteiger charge is -2.41. The molecule has 0 aliphatic carbocycles. The topological polar surface area (TPSA) is 97.3 Å². The summed E-state index contributed by atoms with van der Waals surface area (Å²) in [6.45, 7) is 2.35. The highest BCUT2D eigenvalue weighted by atomic mass is 16.5. The Kier molecular flexibility index (Phi) is 6.88. The van der Waals surface area contributed by atoms with Crippen LogP contribution in [0.5, 0.6) is 5.75 Å². The Hall–Kier alpha value is -2.94. The largest absolute Gasteiger partial charge is 0.490 e. The third-order valence-electron chi connectivity index (χ3n) is 8.23. The molecule has 6 rings (SSSR count). The lowest BCUT2D eigenvalue weighted by atomic mass is 9.76. The molecule has 37 heavy (non-hydrogen) atoms. The van der Waals surface area contributed by atoms with Crippen molar-refractivity contribution in [3.63, 3.8) is 0 Å². The van der Waals surface area contributed by atoms with Gasteiger partial charge in [0.2, 0.25) is 11.8 Å². The predicted octanol–water partition coefficient (Wildman–Crippen LogP) is 3.02. The molecule has 8 nitrogen and oxygen atoms in total. The Labute approximate surface area is 216 Å². The number of rotatable bonds is 5. The molecular formula is C29H34N2O6. The van der Waals surface area contributed by atoms with E-state index >= 15 is 0 Å². The van der Waals surface area contributed by atoms with Gasteiger partial charge in [0.25, 0.3) is 0 Å². The quantitative estimate of drug-likeness (QED) is 0.647. The third-order valence-corrected chi connectivity index (χ3v) is 8.23. The molecule has 196 valence electrons. The first-order chi connectivity index (χ1) is 18.1. The van der Waals surface area contributed by atoms with Crippen LogP contribution in [0.2, 0.25) is 0 Å². The van der Waals surface area contributed by atoms with E-state index in [0.29, 0.717) is 38.4 Å². The molecular weight excluding hydrogens is 472 g/mol. The molecule has 2 N–H and O–H groups in total. The van der Waals surface area contributed by atoms with E-state index in [9.17, 15) is 14.7 Å². The summed E-state index contributed by atoms with van der Waals surface area (Å²) >= 11 is 0. The van der Waals surface area contributed by atoms with E-state index in [-0.39, 0.29) is 36.9 Å². The highest BCUT2D eigenvalue weighted by Gasteiger charge is 2.46. The van der Waals surface area contributed by atoms with Crippen LogP contribution in [0.3, 0.4) is 0 Å². The number of fused-ring (bicyclic) bond motifs is 5. The number of nitrogens with zero attached hydrogens (tertiary/aromatic N) is 1. The fraction of sp³-hybridized carbons (Fsp3) is 0.517. The fourth-order valence-electron chi connectivity index (χ4n) is 6.29. The normalized spacial score (nSPS) is 27.5. The highest BCUT2D eigenvalue weighted by Crippen LogP contribution is 2.46. The van der Waals surface area contributed by atoms with Crippen LogP contribution in [-0.4, -0.2) is 66.5 Å². The minimum Gasteiger partial charge on any atom is -0.490 e. The second-order valence-electron chi connectivity index (χ2n) is 10.6. The first-order valence-corrected chi connectivity index (χ1v) is 13.4. The molecule has 4 atom stereocenters. The van der Waals surface area contributed by atoms with Gasteiger partial charge in [-0.3, -0.25) is 9.59 Å². The summed E-state index contributed by atoms with van der Waals surface area (Å²) in [5.41, 5.74) is 4.14. The zero-order chi connectivity index (χ0) is 25.4. The minimum absolute atomic E-state index is 0.0418. The average molecular weight is 507 g/mol. The second-order valence-corrected chi connectivity index (χ2v) is 10.6. The summed E-state index contributed by atoms with van der Waals surface area (Å²) in [5, 5.41) is 13.2. The van der Waals surface area contributed by atoms with Gasteiger partial charge in [0, 0.05) is 43.1 Å². The van der Waals surface area contributed by atoms with E-state index < -0.39 is 18.1 Å². The standard InChI is InChI=1S/C29H34N2O6/c32-17-26-28-24(14-22(37-26)15-27(33)31-10-7-18-3-1-2-4-19(18)16-31)23-13-20(30-29(28)34)5-6-25(23)36-21-8-11-35-12-9-21/h1-6,13,21-22,24,26,28,32H,7-12,14-17H2,(H,30,34)/t22-,24+,26-,28-/m0/s1. The van der Waals surface area contributed by atoms with Crippen LogP contribution in [0.1, 0.15) is 48.3 Å². The predicted molar refractivity (Wildman–Crippen MR) is 136 cm³/mol. The highest BCUT2D eigenvalue weighted by molar-refractivity contribution is 5.95. The SMILES string of the molecule is O=C1Nc2ccc(OC3CCOCC3)c(c2)[C@H]2C[C@@H](CC(=O)N3CCc4ccccc4C3)O[C@@H](CO)[C@@H]12. The van der Waals surface area contributed by atoms with Crippen molar-refractivity contribution in [2.75, 3.05) is 31.7 Å². The van der Waals surface area contributed by atoms with Gasteiger partial charge in [0.05, 0.1) is 44.4 Å². The maximum absolute atomic E-state index is 13.3. The van der Waals surface area contributed by atoms with E-state index in [0.717, 1.165) is 30.6 Å². The maximum Gasteiger partial charge on any atom is 0.230 e. The fourth-order valence-corrected chi connectivity index (χ4v) is 6.29. The van der Waals surface area contributed by atoms with Crippen molar-refractivity contribution in [2.45, 2.75) is 62.9 Å². The molecule has 2 aromatic carbocycles. The molecule has 2 bridgehead atoms. The molecule has 4 aliphatic heterocycles. The molecule has 2 aromatic rings. The Morgan fingerprint density at radius 1 is 1.14 bits per heavy atom. The van der Waals surface area contributed by atoms with Crippen molar-refractivity contribution in [3.05, 3.63) is 59.2 Å². The number of anilines is 1. The first-order valence-electron chi connectivity index (χ1n) is 13.4. The van der Waals surface area contributed by atoms with Crippen molar-refractivity contribution >= 4 is 17.5 Å². The van der Waals surface area contributed by atoms with Crippen LogP contribution < -0.4 is 10.1 Å². The van der Waals surface area contributed by atoms with E-state index in [4.69, 9.17) is 14.2 Å². The molecule has 2 amide bonds. The third kappa shape index (κ3) is 4.98. The number of aliphatic hydroxyl groups excluding tert-OH is 1. The van der Waals surface area contributed by atoms with Gasteiger partial charge in [0.15, 0.2) is 0 Å². The van der Waals surface area contributed by atoms with Crippen LogP contribution in [0.25, 0.3) is 0 Å². The van der Waals surface area contributed by atoms with Crippen molar-refractivity contribution in [1.82, 2.24) is 4.90 Å². The summed E-state index contributed by atoms with van der Waals surface area (Å²) in [6, 6.07) is 14.0. The number of amides is 2. The Morgan fingerprint density at radius 3 is 2.76 bits per heavy atom. The molecule has 2 saturated heterocycles. The molecule has 4 aliphatic rings. The van der Waals surface area contributed by atoms with Gasteiger partial charge in [-0.2, -0.15) is 0 Å². The van der Waals surface area contributed by atoms with Gasteiger partial charge in [0.1, 0.15) is 11.9 Å². The van der Waals surface area contributed by atoms with Crippen LogP contribution in [-0.2, 0) is 32.0 Å². The molecule has 0 spiro atoms. The molecule has 0 aromatic heterocycles. The van der Waals surface area contributed by atoms with Crippen molar-refractivity contribution in [2.24, 2.45) is 5.92 Å².